The summed E-state index contributed by atoms with van der Waals surface area (Å²) in [7, 11) is 4.18. The first-order valence-electron chi connectivity index (χ1n) is 10.6. The second-order valence-electron chi connectivity index (χ2n) is 8.35. The summed E-state index contributed by atoms with van der Waals surface area (Å²) < 4.78 is 1.57. The van der Waals surface area contributed by atoms with Gasteiger partial charge in [0, 0.05) is 30.8 Å². The van der Waals surface area contributed by atoms with Crippen LogP contribution in [0.3, 0.4) is 0 Å². The maximum atomic E-state index is 13.0. The summed E-state index contributed by atoms with van der Waals surface area (Å²) in [5.41, 5.74) is 2.73. The molecule has 5 rings (SSSR count). The lowest BCUT2D eigenvalue weighted by Crippen LogP contribution is -2.44. The average molecular weight is 415 g/mol. The van der Waals surface area contributed by atoms with Gasteiger partial charge in [-0.25, -0.2) is 9.55 Å². The monoisotopic (exact) mass is 415 g/mol. The number of carbonyl (C=O) groups is 1. The van der Waals surface area contributed by atoms with Gasteiger partial charge in [-0.2, -0.15) is 0 Å². The van der Waals surface area contributed by atoms with Crippen LogP contribution in [-0.4, -0.2) is 63.5 Å². The van der Waals surface area contributed by atoms with Crippen LogP contribution in [0.4, 0.5) is 0 Å². The molecule has 1 aliphatic rings. The maximum absolute atomic E-state index is 13.0. The number of amides is 1. The summed E-state index contributed by atoms with van der Waals surface area (Å²) in [5, 5.41) is 0.958. The molecule has 0 atom stereocenters. The predicted molar refractivity (Wildman–Crippen MR) is 122 cm³/mol. The third kappa shape index (κ3) is 3.51. The molecule has 0 radical (unpaired) electrons. The molecular formula is C24H25N5O2. The van der Waals surface area contributed by atoms with Crippen molar-refractivity contribution in [2.45, 2.75) is 18.9 Å². The zero-order chi connectivity index (χ0) is 21.5. The van der Waals surface area contributed by atoms with Gasteiger partial charge in [-0.3, -0.25) is 9.59 Å². The van der Waals surface area contributed by atoms with Gasteiger partial charge in [-0.05, 0) is 62.7 Å². The summed E-state index contributed by atoms with van der Waals surface area (Å²) in [6.45, 7) is 1.53. The number of rotatable bonds is 3. The Morgan fingerprint density at radius 2 is 1.84 bits per heavy atom. The molecule has 2 aromatic carbocycles. The standard InChI is InChI=1S/C24H25N5O2/c1-27(2)18-11-13-28(14-12-18)23(31)17-7-9-19-20(15-17)26-24(25-19)29-21-6-4-3-5-16(21)8-10-22(29)30/h3-10,15,18H,11-14H2,1-2H3,(H,25,26). The van der Waals surface area contributed by atoms with Crippen molar-refractivity contribution in [3.63, 3.8) is 0 Å². The molecule has 7 nitrogen and oxygen atoms in total. The number of carbonyl (C=O) groups excluding carboxylic acids is 1. The largest absolute Gasteiger partial charge is 0.339 e. The number of aromatic nitrogens is 3. The fraction of sp³-hybridized carbons (Fsp3) is 0.292. The maximum Gasteiger partial charge on any atom is 0.257 e. The Morgan fingerprint density at radius 3 is 2.61 bits per heavy atom. The quantitative estimate of drug-likeness (QED) is 0.558. The highest BCUT2D eigenvalue weighted by Gasteiger charge is 2.25. The number of hydrogen-bond donors (Lipinski definition) is 1. The van der Waals surface area contributed by atoms with Gasteiger partial charge in [0.25, 0.3) is 11.5 Å². The van der Waals surface area contributed by atoms with E-state index in [1.807, 2.05) is 53.4 Å². The van der Waals surface area contributed by atoms with Gasteiger partial charge < -0.3 is 14.8 Å². The lowest BCUT2D eigenvalue weighted by molar-refractivity contribution is 0.0663. The van der Waals surface area contributed by atoms with Crippen LogP contribution in [-0.2, 0) is 0 Å². The summed E-state index contributed by atoms with van der Waals surface area (Å²) in [4.78, 5) is 37.7. The van der Waals surface area contributed by atoms with Crippen LogP contribution in [0.2, 0.25) is 0 Å². The zero-order valence-electron chi connectivity index (χ0n) is 17.7. The number of para-hydroxylation sites is 1. The molecule has 31 heavy (non-hydrogen) atoms. The lowest BCUT2D eigenvalue weighted by atomic mass is 10.0. The summed E-state index contributed by atoms with van der Waals surface area (Å²) in [6, 6.07) is 17.1. The molecule has 1 N–H and O–H groups in total. The molecule has 7 heteroatoms. The van der Waals surface area contributed by atoms with Gasteiger partial charge in [0.05, 0.1) is 16.6 Å². The highest BCUT2D eigenvalue weighted by Crippen LogP contribution is 2.21. The molecule has 3 heterocycles. The number of likely N-dealkylation sites (tertiary alicyclic amines) is 1. The van der Waals surface area contributed by atoms with Crippen LogP contribution in [0.15, 0.2) is 59.4 Å². The van der Waals surface area contributed by atoms with E-state index in [0.717, 1.165) is 47.9 Å². The summed E-state index contributed by atoms with van der Waals surface area (Å²) in [6.07, 6.45) is 1.97. The van der Waals surface area contributed by atoms with Crippen molar-refractivity contribution < 1.29 is 4.79 Å². The van der Waals surface area contributed by atoms with Gasteiger partial charge >= 0.3 is 0 Å². The number of piperidine rings is 1. The SMILES string of the molecule is CN(C)C1CCN(C(=O)c2ccc3nc(-n4c(=O)ccc5ccccc54)[nH]c3c2)CC1. The molecule has 0 bridgehead atoms. The van der Waals surface area contributed by atoms with Crippen LogP contribution < -0.4 is 5.56 Å². The van der Waals surface area contributed by atoms with Crippen LogP contribution in [0.5, 0.6) is 0 Å². The number of hydrogen-bond acceptors (Lipinski definition) is 4. The number of imidazole rings is 1. The van der Waals surface area contributed by atoms with E-state index in [-0.39, 0.29) is 11.5 Å². The van der Waals surface area contributed by atoms with Crippen molar-refractivity contribution >= 4 is 27.8 Å². The Balaban J connectivity index is 1.47. The van der Waals surface area contributed by atoms with Crippen LogP contribution in [0.25, 0.3) is 27.9 Å². The van der Waals surface area contributed by atoms with Gasteiger partial charge in [-0.1, -0.05) is 18.2 Å². The topological polar surface area (TPSA) is 74.2 Å². The second-order valence-corrected chi connectivity index (χ2v) is 8.35. The second kappa shape index (κ2) is 7.67. The lowest BCUT2D eigenvalue weighted by Gasteiger charge is -2.35. The first-order valence-corrected chi connectivity index (χ1v) is 10.6. The number of fused-ring (bicyclic) bond motifs is 2. The van der Waals surface area contributed by atoms with Crippen molar-refractivity contribution in [3.05, 3.63) is 70.5 Å². The first kappa shape index (κ1) is 19.5. The van der Waals surface area contributed by atoms with E-state index < -0.39 is 0 Å². The predicted octanol–water partition coefficient (Wildman–Crippen LogP) is 3.03. The number of nitrogens with one attached hydrogen (secondary N) is 1. The molecule has 1 saturated heterocycles. The fourth-order valence-corrected chi connectivity index (χ4v) is 4.41. The van der Waals surface area contributed by atoms with Gasteiger partial charge in [0.2, 0.25) is 5.95 Å². The summed E-state index contributed by atoms with van der Waals surface area (Å²) >= 11 is 0. The molecule has 0 unspecified atom stereocenters. The minimum Gasteiger partial charge on any atom is -0.339 e. The number of benzene rings is 2. The highest BCUT2D eigenvalue weighted by atomic mass is 16.2. The normalized spacial score (nSPS) is 15.3. The van der Waals surface area contributed by atoms with Crippen molar-refractivity contribution in [1.82, 2.24) is 24.3 Å². The van der Waals surface area contributed by atoms with E-state index in [4.69, 9.17) is 0 Å². The third-order valence-electron chi connectivity index (χ3n) is 6.21. The van der Waals surface area contributed by atoms with E-state index in [9.17, 15) is 9.59 Å². The smallest absolute Gasteiger partial charge is 0.257 e. The Morgan fingerprint density at radius 1 is 1.06 bits per heavy atom. The number of nitrogens with zero attached hydrogens (tertiary/aromatic N) is 4. The molecule has 0 aliphatic carbocycles. The molecular weight excluding hydrogens is 390 g/mol. The molecule has 4 aromatic rings. The first-order chi connectivity index (χ1) is 15.0. The van der Waals surface area contributed by atoms with Crippen molar-refractivity contribution in [3.8, 4) is 5.95 Å². The van der Waals surface area contributed by atoms with Gasteiger partial charge in [0.1, 0.15) is 0 Å². The number of H-pyrrole nitrogens is 1. The molecule has 0 saturated carbocycles. The summed E-state index contributed by atoms with van der Waals surface area (Å²) in [5.74, 6) is 0.491. The molecule has 2 aromatic heterocycles. The van der Waals surface area contributed by atoms with Gasteiger partial charge in [-0.15, -0.1) is 0 Å². The van der Waals surface area contributed by atoms with E-state index in [2.05, 4.69) is 29.0 Å². The van der Waals surface area contributed by atoms with E-state index in [1.54, 1.807) is 10.6 Å². The van der Waals surface area contributed by atoms with Gasteiger partial charge in [0.15, 0.2) is 0 Å². The third-order valence-corrected chi connectivity index (χ3v) is 6.21. The van der Waals surface area contributed by atoms with Crippen molar-refractivity contribution in [2.24, 2.45) is 0 Å². The Labute approximate surface area is 179 Å². The van der Waals surface area contributed by atoms with E-state index >= 15 is 0 Å². The minimum absolute atomic E-state index is 0.0394. The Kier molecular flexibility index (Phi) is 4.82. The molecule has 1 fully saturated rings. The average Bonchev–Trinajstić information content (AvgIpc) is 3.21. The molecule has 1 amide bonds. The number of aromatic amines is 1. The van der Waals surface area contributed by atoms with Crippen molar-refractivity contribution in [1.29, 1.82) is 0 Å². The molecule has 1 aliphatic heterocycles. The number of pyridine rings is 1. The van der Waals surface area contributed by atoms with Crippen LogP contribution in [0.1, 0.15) is 23.2 Å². The fourth-order valence-electron chi connectivity index (χ4n) is 4.41. The van der Waals surface area contributed by atoms with E-state index in [0.29, 0.717) is 17.6 Å². The van der Waals surface area contributed by atoms with Crippen LogP contribution >= 0.6 is 0 Å². The highest BCUT2D eigenvalue weighted by molar-refractivity contribution is 5.97. The van der Waals surface area contributed by atoms with E-state index in [1.165, 1.54) is 0 Å². The molecule has 0 spiro atoms. The van der Waals surface area contributed by atoms with Crippen LogP contribution in [0, 0.1) is 0 Å². The Hall–Kier alpha value is -3.45. The Bertz CT molecular complexity index is 1330. The zero-order valence-corrected chi connectivity index (χ0v) is 17.7. The molecule has 158 valence electrons. The van der Waals surface area contributed by atoms with Crippen molar-refractivity contribution in [2.75, 3.05) is 27.2 Å². The minimum atomic E-state index is -0.155.